The highest BCUT2D eigenvalue weighted by Gasteiger charge is 2.22. The Morgan fingerprint density at radius 2 is 1.82 bits per heavy atom. The minimum atomic E-state index is -0.526. The minimum absolute atomic E-state index is 0.134. The van der Waals surface area contributed by atoms with E-state index in [9.17, 15) is 9.18 Å². The second-order valence-electron chi connectivity index (χ2n) is 7.08. The van der Waals surface area contributed by atoms with Crippen molar-refractivity contribution < 1.29 is 13.9 Å². The molecule has 1 atom stereocenters. The summed E-state index contributed by atoms with van der Waals surface area (Å²) in [5.41, 5.74) is 2.07. The number of thioether (sulfide) groups is 1. The zero-order valence-electron chi connectivity index (χ0n) is 17.8. The Hall–Kier alpha value is -3.36. The van der Waals surface area contributed by atoms with Gasteiger partial charge in [-0.15, -0.1) is 10.2 Å². The molecule has 33 heavy (non-hydrogen) atoms. The van der Waals surface area contributed by atoms with Crippen LogP contribution in [0.25, 0.3) is 17.1 Å². The van der Waals surface area contributed by atoms with Gasteiger partial charge in [0.2, 0.25) is 5.91 Å². The lowest BCUT2D eigenvalue weighted by molar-refractivity contribution is -0.115. The molecular weight excluding hydrogens is 463 g/mol. The topological polar surface area (TPSA) is 69.0 Å². The third kappa shape index (κ3) is 5.18. The zero-order valence-corrected chi connectivity index (χ0v) is 19.4. The van der Waals surface area contributed by atoms with Crippen molar-refractivity contribution in [2.45, 2.75) is 17.3 Å². The number of halogens is 2. The number of nitrogens with one attached hydrogen (secondary N) is 1. The number of methoxy groups -OCH3 is 1. The molecule has 4 aromatic rings. The van der Waals surface area contributed by atoms with Gasteiger partial charge in [0.15, 0.2) is 11.0 Å². The van der Waals surface area contributed by atoms with Gasteiger partial charge in [0.1, 0.15) is 11.6 Å². The van der Waals surface area contributed by atoms with Crippen LogP contribution in [0.1, 0.15) is 6.92 Å². The standard InChI is InChI=1S/C24H20ClFN4O2S/c1-15(23(31)27-21-13-10-17(26)14-20(21)25)33-24-29-28-22(16-8-11-19(32-2)12-9-16)30(24)18-6-4-3-5-7-18/h3-15H,1-2H3,(H,27,31). The van der Waals surface area contributed by atoms with E-state index in [1.54, 1.807) is 14.0 Å². The zero-order chi connectivity index (χ0) is 23.4. The van der Waals surface area contributed by atoms with E-state index in [0.717, 1.165) is 23.1 Å². The van der Waals surface area contributed by atoms with Gasteiger partial charge in [-0.05, 0) is 61.5 Å². The molecule has 168 valence electrons. The summed E-state index contributed by atoms with van der Waals surface area (Å²) in [6, 6.07) is 21.0. The molecule has 0 aliphatic heterocycles. The van der Waals surface area contributed by atoms with Crippen LogP contribution in [-0.2, 0) is 4.79 Å². The lowest BCUT2D eigenvalue weighted by Gasteiger charge is -2.14. The average molecular weight is 483 g/mol. The maximum absolute atomic E-state index is 13.3. The predicted molar refractivity (Wildman–Crippen MR) is 129 cm³/mol. The molecule has 1 N–H and O–H groups in total. The van der Waals surface area contributed by atoms with Gasteiger partial charge in [0, 0.05) is 11.3 Å². The predicted octanol–water partition coefficient (Wildman–Crippen LogP) is 5.85. The van der Waals surface area contributed by atoms with Gasteiger partial charge in [-0.1, -0.05) is 41.6 Å². The fourth-order valence-corrected chi connectivity index (χ4v) is 4.20. The van der Waals surface area contributed by atoms with Crippen LogP contribution in [0.2, 0.25) is 5.02 Å². The van der Waals surface area contributed by atoms with Crippen LogP contribution in [0.3, 0.4) is 0 Å². The van der Waals surface area contributed by atoms with Crippen molar-refractivity contribution in [3.05, 3.63) is 83.6 Å². The number of rotatable bonds is 7. The quantitative estimate of drug-likeness (QED) is 0.334. The van der Waals surface area contributed by atoms with Gasteiger partial charge < -0.3 is 10.1 Å². The largest absolute Gasteiger partial charge is 0.497 e. The monoisotopic (exact) mass is 482 g/mol. The van der Waals surface area contributed by atoms with E-state index in [4.69, 9.17) is 16.3 Å². The summed E-state index contributed by atoms with van der Waals surface area (Å²) in [5, 5.41) is 11.7. The molecule has 0 radical (unpaired) electrons. The van der Waals surface area contributed by atoms with Crippen molar-refractivity contribution in [1.29, 1.82) is 0 Å². The molecule has 3 aromatic carbocycles. The molecule has 0 saturated heterocycles. The van der Waals surface area contributed by atoms with Crippen molar-refractivity contribution in [2.75, 3.05) is 12.4 Å². The Kier molecular flexibility index (Phi) is 6.96. The normalized spacial score (nSPS) is 11.8. The Morgan fingerprint density at radius 1 is 1.09 bits per heavy atom. The molecular formula is C24H20ClFN4O2S. The van der Waals surface area contributed by atoms with Crippen LogP contribution in [0, 0.1) is 5.82 Å². The highest BCUT2D eigenvalue weighted by Crippen LogP contribution is 2.31. The summed E-state index contributed by atoms with van der Waals surface area (Å²) in [7, 11) is 1.61. The molecule has 0 aliphatic rings. The van der Waals surface area contributed by atoms with Crippen molar-refractivity contribution in [1.82, 2.24) is 14.8 Å². The summed E-state index contributed by atoms with van der Waals surface area (Å²) in [4.78, 5) is 12.8. The average Bonchev–Trinajstić information content (AvgIpc) is 3.24. The Bertz CT molecular complexity index is 1270. The SMILES string of the molecule is COc1ccc(-c2nnc(SC(C)C(=O)Nc3ccc(F)cc3Cl)n2-c2ccccc2)cc1. The molecule has 0 saturated carbocycles. The molecule has 1 amide bonds. The van der Waals surface area contributed by atoms with Crippen LogP contribution in [0.15, 0.2) is 78.0 Å². The highest BCUT2D eigenvalue weighted by atomic mass is 35.5. The van der Waals surface area contributed by atoms with Crippen LogP contribution in [0.5, 0.6) is 5.75 Å². The number of anilines is 1. The molecule has 0 fully saturated rings. The summed E-state index contributed by atoms with van der Waals surface area (Å²) in [6.45, 7) is 1.76. The molecule has 0 spiro atoms. The van der Waals surface area contributed by atoms with E-state index < -0.39 is 11.1 Å². The molecule has 6 nitrogen and oxygen atoms in total. The van der Waals surface area contributed by atoms with E-state index >= 15 is 0 Å². The number of para-hydroxylation sites is 1. The second-order valence-corrected chi connectivity index (χ2v) is 8.79. The number of hydrogen-bond acceptors (Lipinski definition) is 5. The summed E-state index contributed by atoms with van der Waals surface area (Å²) in [6.07, 6.45) is 0. The lowest BCUT2D eigenvalue weighted by atomic mass is 10.2. The molecule has 4 rings (SSSR count). The molecule has 0 aliphatic carbocycles. The van der Waals surface area contributed by atoms with Gasteiger partial charge in [-0.25, -0.2) is 4.39 Å². The number of benzene rings is 3. The molecule has 9 heteroatoms. The van der Waals surface area contributed by atoms with E-state index in [1.807, 2.05) is 59.2 Å². The van der Waals surface area contributed by atoms with Crippen molar-refractivity contribution in [2.24, 2.45) is 0 Å². The minimum Gasteiger partial charge on any atom is -0.497 e. The number of aromatic nitrogens is 3. The van der Waals surface area contributed by atoms with E-state index in [-0.39, 0.29) is 10.9 Å². The molecule has 1 unspecified atom stereocenters. The van der Waals surface area contributed by atoms with Crippen molar-refractivity contribution in [3.63, 3.8) is 0 Å². The number of carbonyl (C=O) groups is 1. The number of ether oxygens (including phenoxy) is 1. The Morgan fingerprint density at radius 3 is 2.48 bits per heavy atom. The van der Waals surface area contributed by atoms with Crippen LogP contribution in [0.4, 0.5) is 10.1 Å². The van der Waals surface area contributed by atoms with Crippen LogP contribution >= 0.6 is 23.4 Å². The van der Waals surface area contributed by atoms with Gasteiger partial charge in [-0.2, -0.15) is 0 Å². The molecule has 1 aromatic heterocycles. The first-order valence-corrected chi connectivity index (χ1v) is 11.3. The number of carbonyl (C=O) groups excluding carboxylic acids is 1. The smallest absolute Gasteiger partial charge is 0.237 e. The third-order valence-electron chi connectivity index (χ3n) is 4.84. The summed E-state index contributed by atoms with van der Waals surface area (Å²) in [5.74, 6) is 0.619. The fraction of sp³-hybridized carbons (Fsp3) is 0.125. The summed E-state index contributed by atoms with van der Waals surface area (Å²) < 4.78 is 20.4. The number of nitrogens with zero attached hydrogens (tertiary/aromatic N) is 3. The first-order chi connectivity index (χ1) is 16.0. The van der Waals surface area contributed by atoms with Crippen molar-refractivity contribution in [3.8, 4) is 22.8 Å². The maximum Gasteiger partial charge on any atom is 0.237 e. The van der Waals surface area contributed by atoms with Gasteiger partial charge in [0.25, 0.3) is 0 Å². The van der Waals surface area contributed by atoms with E-state index in [1.165, 1.54) is 23.9 Å². The number of hydrogen-bond donors (Lipinski definition) is 1. The van der Waals surface area contributed by atoms with Crippen molar-refractivity contribution >= 4 is 35.0 Å². The molecule has 0 bridgehead atoms. The number of amides is 1. The first-order valence-electron chi connectivity index (χ1n) is 10.0. The Balaban J connectivity index is 1.63. The van der Waals surface area contributed by atoms with Gasteiger partial charge >= 0.3 is 0 Å². The summed E-state index contributed by atoms with van der Waals surface area (Å²) >= 11 is 7.30. The van der Waals surface area contributed by atoms with Crippen LogP contribution in [-0.4, -0.2) is 33.0 Å². The van der Waals surface area contributed by atoms with Crippen LogP contribution < -0.4 is 10.1 Å². The fourth-order valence-electron chi connectivity index (χ4n) is 3.12. The highest BCUT2D eigenvalue weighted by molar-refractivity contribution is 8.00. The Labute approximate surface area is 199 Å². The third-order valence-corrected chi connectivity index (χ3v) is 6.19. The maximum atomic E-state index is 13.3. The van der Waals surface area contributed by atoms with E-state index in [0.29, 0.717) is 16.7 Å². The second kappa shape index (κ2) is 10.1. The van der Waals surface area contributed by atoms with E-state index in [2.05, 4.69) is 15.5 Å². The lowest BCUT2D eigenvalue weighted by Crippen LogP contribution is -2.23. The molecule has 1 heterocycles. The van der Waals surface area contributed by atoms with Gasteiger partial charge in [-0.3, -0.25) is 9.36 Å². The first kappa shape index (κ1) is 22.8. The van der Waals surface area contributed by atoms with Gasteiger partial charge in [0.05, 0.1) is 23.1 Å².